The fourth-order valence-corrected chi connectivity index (χ4v) is 2.69. The summed E-state index contributed by atoms with van der Waals surface area (Å²) >= 11 is 0. The molecule has 9 nitrogen and oxygen atoms in total. The van der Waals surface area contributed by atoms with Gasteiger partial charge in [-0.3, -0.25) is 10.1 Å². The predicted molar refractivity (Wildman–Crippen MR) is 92.8 cm³/mol. The number of carboxylic acid groups (broad SMARTS) is 1. The topological polar surface area (TPSA) is 122 Å². The number of para-hydroxylation sites is 1. The summed E-state index contributed by atoms with van der Waals surface area (Å²) in [6, 6.07) is 8.26. The van der Waals surface area contributed by atoms with E-state index in [4.69, 9.17) is 4.74 Å². The van der Waals surface area contributed by atoms with Crippen molar-refractivity contribution in [1.29, 1.82) is 0 Å². The van der Waals surface area contributed by atoms with E-state index in [1.165, 1.54) is 13.2 Å². The summed E-state index contributed by atoms with van der Waals surface area (Å²) in [5.41, 5.74) is 1.52. The Kier molecular flexibility index (Phi) is 3.54. The van der Waals surface area contributed by atoms with Gasteiger partial charge in [0.2, 0.25) is 5.95 Å². The van der Waals surface area contributed by atoms with Gasteiger partial charge in [0.25, 0.3) is 5.91 Å². The van der Waals surface area contributed by atoms with Crippen molar-refractivity contribution in [2.24, 2.45) is 0 Å². The number of amides is 1. The molecule has 0 saturated carbocycles. The second kappa shape index (κ2) is 5.88. The molecule has 26 heavy (non-hydrogen) atoms. The normalized spacial score (nSPS) is 11.0. The van der Waals surface area contributed by atoms with Crippen molar-refractivity contribution in [3.63, 3.8) is 0 Å². The molecule has 3 N–H and O–H groups in total. The Morgan fingerprint density at radius 1 is 1.23 bits per heavy atom. The maximum atomic E-state index is 12.5. The van der Waals surface area contributed by atoms with Crippen molar-refractivity contribution < 1.29 is 19.4 Å². The van der Waals surface area contributed by atoms with Gasteiger partial charge in [-0.25, -0.2) is 14.8 Å². The molecule has 3 aromatic heterocycles. The number of carbonyl (C=O) groups is 2. The first kappa shape index (κ1) is 15.6. The molecule has 0 atom stereocenters. The minimum absolute atomic E-state index is 0.0525. The van der Waals surface area contributed by atoms with Crippen LogP contribution in [0.15, 0.2) is 42.7 Å². The number of rotatable bonds is 4. The summed E-state index contributed by atoms with van der Waals surface area (Å²) in [6.07, 6.45) is 3.32. The number of fused-ring (bicyclic) bond motifs is 2. The van der Waals surface area contributed by atoms with Crippen LogP contribution in [0.25, 0.3) is 16.7 Å². The number of ether oxygens (including phenoxy) is 1. The summed E-state index contributed by atoms with van der Waals surface area (Å²) in [7, 11) is 1.53. The highest BCUT2D eigenvalue weighted by Crippen LogP contribution is 2.21. The predicted octanol–water partition coefficient (Wildman–Crippen LogP) is 2.17. The molecule has 0 unspecified atom stereocenters. The Morgan fingerprint density at radius 2 is 2.08 bits per heavy atom. The van der Waals surface area contributed by atoms with Gasteiger partial charge in [0.05, 0.1) is 18.2 Å². The third-order valence-corrected chi connectivity index (χ3v) is 3.87. The highest BCUT2D eigenvalue weighted by atomic mass is 16.5. The first-order valence-corrected chi connectivity index (χ1v) is 7.62. The number of aromatic carboxylic acids is 1. The quantitative estimate of drug-likeness (QED) is 0.518. The van der Waals surface area contributed by atoms with Crippen LogP contribution >= 0.6 is 0 Å². The Morgan fingerprint density at radius 3 is 2.85 bits per heavy atom. The number of carbonyl (C=O) groups excluding carboxylic acids is 1. The van der Waals surface area contributed by atoms with Gasteiger partial charge in [-0.15, -0.1) is 0 Å². The molecule has 9 heteroatoms. The first-order chi connectivity index (χ1) is 12.6. The molecule has 0 spiro atoms. The number of nitrogens with zero attached hydrogens (tertiary/aromatic N) is 3. The molecule has 0 aliphatic heterocycles. The lowest BCUT2D eigenvalue weighted by molar-refractivity contribution is 0.0698. The number of imidazole rings is 2. The van der Waals surface area contributed by atoms with E-state index < -0.39 is 11.9 Å². The van der Waals surface area contributed by atoms with Gasteiger partial charge < -0.3 is 19.2 Å². The molecular weight excluding hydrogens is 338 g/mol. The van der Waals surface area contributed by atoms with Crippen molar-refractivity contribution >= 4 is 34.5 Å². The minimum atomic E-state index is -1.09. The van der Waals surface area contributed by atoms with Gasteiger partial charge in [0, 0.05) is 12.4 Å². The summed E-state index contributed by atoms with van der Waals surface area (Å²) < 4.78 is 6.90. The summed E-state index contributed by atoms with van der Waals surface area (Å²) in [6.45, 7) is 0. The number of anilines is 1. The number of pyridine rings is 1. The molecule has 3 heterocycles. The second-order valence-corrected chi connectivity index (χ2v) is 5.48. The van der Waals surface area contributed by atoms with E-state index in [0.717, 1.165) is 0 Å². The van der Waals surface area contributed by atoms with Gasteiger partial charge in [-0.1, -0.05) is 6.07 Å². The monoisotopic (exact) mass is 351 g/mol. The molecule has 130 valence electrons. The number of hydrogen-bond donors (Lipinski definition) is 3. The number of carboxylic acids is 1. The molecule has 0 saturated heterocycles. The van der Waals surface area contributed by atoms with Gasteiger partial charge in [0.1, 0.15) is 11.2 Å². The van der Waals surface area contributed by atoms with E-state index >= 15 is 0 Å². The summed E-state index contributed by atoms with van der Waals surface area (Å²) in [5.74, 6) is -0.886. The Bertz CT molecular complexity index is 1160. The maximum Gasteiger partial charge on any atom is 0.337 e. The summed E-state index contributed by atoms with van der Waals surface area (Å²) in [5, 5.41) is 11.8. The van der Waals surface area contributed by atoms with Gasteiger partial charge in [-0.2, -0.15) is 0 Å². The number of methoxy groups -OCH3 is 1. The van der Waals surface area contributed by atoms with Crippen LogP contribution in [0.4, 0.5) is 5.95 Å². The van der Waals surface area contributed by atoms with Crippen LogP contribution in [-0.2, 0) is 0 Å². The highest BCUT2D eigenvalue weighted by Gasteiger charge is 2.17. The molecule has 4 aromatic rings. The van der Waals surface area contributed by atoms with E-state index in [9.17, 15) is 14.7 Å². The zero-order chi connectivity index (χ0) is 18.3. The molecule has 4 rings (SSSR count). The van der Waals surface area contributed by atoms with Crippen molar-refractivity contribution in [2.75, 3.05) is 12.4 Å². The second-order valence-electron chi connectivity index (χ2n) is 5.48. The van der Waals surface area contributed by atoms with Crippen LogP contribution in [0.1, 0.15) is 20.8 Å². The lowest BCUT2D eigenvalue weighted by Gasteiger charge is -1.99. The Labute approximate surface area is 146 Å². The minimum Gasteiger partial charge on any atom is -0.493 e. The third-order valence-electron chi connectivity index (χ3n) is 3.87. The smallest absolute Gasteiger partial charge is 0.337 e. The molecule has 0 radical (unpaired) electrons. The van der Waals surface area contributed by atoms with Crippen LogP contribution in [0.5, 0.6) is 5.75 Å². The SMILES string of the molecule is COc1cccn2cc(C(=O)Nc3nc4c(C(=O)O)cccc4[nH]3)nc12. The number of aromatic amines is 1. The average Bonchev–Trinajstić information content (AvgIpc) is 3.24. The van der Waals surface area contributed by atoms with Crippen molar-refractivity contribution in [2.45, 2.75) is 0 Å². The van der Waals surface area contributed by atoms with Gasteiger partial charge in [0.15, 0.2) is 11.4 Å². The molecule has 1 aromatic carbocycles. The van der Waals surface area contributed by atoms with Crippen LogP contribution in [-0.4, -0.2) is 43.4 Å². The average molecular weight is 351 g/mol. The van der Waals surface area contributed by atoms with Crippen LogP contribution in [0.2, 0.25) is 0 Å². The van der Waals surface area contributed by atoms with Crippen molar-refractivity contribution in [3.05, 3.63) is 54.0 Å². The number of nitrogens with one attached hydrogen (secondary N) is 2. The fraction of sp³-hybridized carbons (Fsp3) is 0.0588. The van der Waals surface area contributed by atoms with Gasteiger partial charge >= 0.3 is 5.97 Å². The third kappa shape index (κ3) is 2.51. The molecule has 0 fully saturated rings. The van der Waals surface area contributed by atoms with Crippen LogP contribution in [0.3, 0.4) is 0 Å². The van der Waals surface area contributed by atoms with E-state index in [1.807, 2.05) is 0 Å². The lowest BCUT2D eigenvalue weighted by atomic mass is 10.2. The molecule has 0 bridgehead atoms. The van der Waals surface area contributed by atoms with Crippen LogP contribution in [0, 0.1) is 0 Å². The maximum absolute atomic E-state index is 12.5. The molecule has 0 aliphatic rings. The number of H-pyrrole nitrogens is 1. The molecular formula is C17H13N5O4. The first-order valence-electron chi connectivity index (χ1n) is 7.62. The zero-order valence-electron chi connectivity index (χ0n) is 13.6. The molecule has 1 amide bonds. The number of aromatic nitrogens is 4. The van der Waals surface area contributed by atoms with E-state index in [-0.39, 0.29) is 22.7 Å². The van der Waals surface area contributed by atoms with E-state index in [1.54, 1.807) is 41.1 Å². The van der Waals surface area contributed by atoms with Crippen molar-refractivity contribution in [3.8, 4) is 5.75 Å². The number of benzene rings is 1. The lowest BCUT2D eigenvalue weighted by Crippen LogP contribution is -2.13. The zero-order valence-corrected chi connectivity index (χ0v) is 13.6. The van der Waals surface area contributed by atoms with E-state index in [2.05, 4.69) is 20.3 Å². The summed E-state index contributed by atoms with van der Waals surface area (Å²) in [4.78, 5) is 35.0. The largest absolute Gasteiger partial charge is 0.493 e. The van der Waals surface area contributed by atoms with Crippen molar-refractivity contribution in [1.82, 2.24) is 19.4 Å². The highest BCUT2D eigenvalue weighted by molar-refractivity contribution is 6.05. The van der Waals surface area contributed by atoms with Gasteiger partial charge in [-0.05, 0) is 24.3 Å². The fourth-order valence-electron chi connectivity index (χ4n) is 2.69. The standard InChI is InChI=1S/C17H13N5O4/c1-26-12-6-3-7-22-8-11(18-14(12)22)15(23)21-17-19-10-5-2-4-9(16(24)25)13(10)20-17/h2-8H,1H3,(H,24,25)(H2,19,20,21,23). The van der Waals surface area contributed by atoms with E-state index in [0.29, 0.717) is 16.9 Å². The number of hydrogen-bond acceptors (Lipinski definition) is 5. The molecule has 0 aliphatic carbocycles. The Balaban J connectivity index is 1.67. The van der Waals surface area contributed by atoms with Crippen LogP contribution < -0.4 is 10.1 Å². The Hall–Kier alpha value is -3.88.